The van der Waals surface area contributed by atoms with Crippen LogP contribution in [0.4, 0.5) is 4.39 Å². The van der Waals surface area contributed by atoms with Gasteiger partial charge in [-0.2, -0.15) is 4.98 Å². The Balaban J connectivity index is 1.35. The molecule has 6 rings (SSSR count). The number of hydrogen-bond donors (Lipinski definition) is 2. The molecule has 31 heavy (non-hydrogen) atoms. The fourth-order valence-electron chi connectivity index (χ4n) is 4.18. The number of aromatic nitrogens is 5. The van der Waals surface area contributed by atoms with Gasteiger partial charge in [-0.25, -0.2) is 14.2 Å². The van der Waals surface area contributed by atoms with Gasteiger partial charge in [-0.05, 0) is 31.0 Å². The van der Waals surface area contributed by atoms with Gasteiger partial charge in [-0.15, -0.1) is 10.2 Å². The van der Waals surface area contributed by atoms with Crippen molar-refractivity contribution in [2.75, 3.05) is 6.54 Å². The van der Waals surface area contributed by atoms with E-state index in [4.69, 9.17) is 4.74 Å². The summed E-state index contributed by atoms with van der Waals surface area (Å²) in [5, 5.41) is 21.9. The minimum absolute atomic E-state index is 0.0516. The van der Waals surface area contributed by atoms with E-state index in [2.05, 4.69) is 25.5 Å². The molecule has 2 N–H and O–H groups in total. The number of fused-ring (bicyclic) bond motifs is 3. The van der Waals surface area contributed by atoms with E-state index in [1.54, 1.807) is 31.3 Å². The van der Waals surface area contributed by atoms with Crippen LogP contribution in [0.15, 0.2) is 41.5 Å². The number of nitrogens with zero attached hydrogens (tertiary/aromatic N) is 5. The molecule has 1 aromatic carbocycles. The zero-order valence-electron chi connectivity index (χ0n) is 16.8. The molecule has 1 aliphatic carbocycles. The largest absolute Gasteiger partial charge is 0.507 e. The minimum atomic E-state index is -1.07. The molecule has 1 saturated carbocycles. The van der Waals surface area contributed by atoms with E-state index >= 15 is 0 Å². The lowest BCUT2D eigenvalue weighted by atomic mass is 9.78. The molecule has 0 amide bonds. The monoisotopic (exact) mass is 424 g/mol. The Labute approximate surface area is 177 Å². The summed E-state index contributed by atoms with van der Waals surface area (Å²) in [4.78, 5) is 19.7. The molecule has 3 aliphatic rings. The molecule has 2 saturated heterocycles. The van der Waals surface area contributed by atoms with Crippen molar-refractivity contribution in [2.45, 2.75) is 31.2 Å². The molecular weight excluding hydrogens is 403 g/mol. The van der Waals surface area contributed by atoms with Crippen molar-refractivity contribution in [1.29, 1.82) is 0 Å². The standard InChI is InChI=1S/C21H21FN6O3/c1-28-10-24-20(25-21(28)30)11-2-4-13(16(29)8-11)14-6-7-17(27-26-14)31-19-12-3-5-15(18(19)22)23-9-12/h2,4,6-8,10,12,15,18-19,23,29H,3,5,9H2,1H3/t12-,15-,18+,19-/m1/s1. The number of benzene rings is 1. The van der Waals surface area contributed by atoms with Gasteiger partial charge in [0, 0.05) is 42.7 Å². The van der Waals surface area contributed by atoms with Gasteiger partial charge in [-0.1, -0.05) is 6.07 Å². The molecule has 0 radical (unpaired) electrons. The van der Waals surface area contributed by atoms with Crippen LogP contribution in [-0.2, 0) is 7.05 Å². The number of phenolic OH excluding ortho intramolecular Hbond substituents is 1. The molecule has 160 valence electrons. The molecule has 2 bridgehead atoms. The van der Waals surface area contributed by atoms with Crippen LogP contribution in [0, 0.1) is 5.92 Å². The maximum absolute atomic E-state index is 14.6. The normalized spacial score (nSPS) is 24.8. The zero-order valence-corrected chi connectivity index (χ0v) is 16.8. The molecule has 4 atom stereocenters. The first kappa shape index (κ1) is 19.6. The number of aryl methyl sites for hydroxylation is 1. The Hall–Kier alpha value is -3.40. The summed E-state index contributed by atoms with van der Waals surface area (Å²) in [5.74, 6) is 0.546. The van der Waals surface area contributed by atoms with Crippen molar-refractivity contribution in [3.8, 4) is 34.3 Å². The molecule has 3 aromatic rings. The summed E-state index contributed by atoms with van der Waals surface area (Å²) >= 11 is 0. The van der Waals surface area contributed by atoms with E-state index in [-0.39, 0.29) is 29.4 Å². The summed E-state index contributed by atoms with van der Waals surface area (Å²) in [6.45, 7) is 0.749. The van der Waals surface area contributed by atoms with Crippen molar-refractivity contribution in [3.05, 3.63) is 47.1 Å². The SMILES string of the molecule is Cn1cnc(-c2ccc(-c3ccc(O[C@@H]4[C@@H]5CC[C@@H](NC5)[C@@H]4F)nn3)c(O)c2)nc1=O. The number of ether oxygens (including phenoxy) is 1. The summed E-state index contributed by atoms with van der Waals surface area (Å²) in [5.41, 5.74) is 0.954. The number of phenols is 1. The van der Waals surface area contributed by atoms with Crippen LogP contribution in [0.25, 0.3) is 22.6 Å². The van der Waals surface area contributed by atoms with Gasteiger partial charge >= 0.3 is 5.69 Å². The Bertz CT molecular complexity index is 1160. The lowest BCUT2D eigenvalue weighted by Crippen LogP contribution is -2.61. The van der Waals surface area contributed by atoms with Crippen LogP contribution >= 0.6 is 0 Å². The maximum Gasteiger partial charge on any atom is 0.350 e. The second-order valence-electron chi connectivity index (χ2n) is 7.94. The van der Waals surface area contributed by atoms with E-state index in [1.165, 1.54) is 17.0 Å². The van der Waals surface area contributed by atoms with Gasteiger partial charge in [0.1, 0.15) is 18.2 Å². The van der Waals surface area contributed by atoms with Gasteiger partial charge < -0.3 is 15.2 Å². The second kappa shape index (κ2) is 7.69. The molecule has 2 aliphatic heterocycles. The average molecular weight is 424 g/mol. The van der Waals surface area contributed by atoms with Crippen molar-refractivity contribution in [1.82, 2.24) is 30.0 Å². The molecule has 4 heterocycles. The second-order valence-corrected chi connectivity index (χ2v) is 7.94. The lowest BCUT2D eigenvalue weighted by Gasteiger charge is -2.44. The highest BCUT2D eigenvalue weighted by Crippen LogP contribution is 2.35. The fraction of sp³-hybridized carbons (Fsp3) is 0.381. The first-order valence-electron chi connectivity index (χ1n) is 10.1. The quantitative estimate of drug-likeness (QED) is 0.647. The Morgan fingerprint density at radius 1 is 1.23 bits per heavy atom. The molecule has 2 aromatic heterocycles. The third kappa shape index (κ3) is 3.63. The fourth-order valence-corrected chi connectivity index (χ4v) is 4.18. The highest BCUT2D eigenvalue weighted by molar-refractivity contribution is 5.71. The Morgan fingerprint density at radius 3 is 2.74 bits per heavy atom. The van der Waals surface area contributed by atoms with Crippen molar-refractivity contribution in [2.24, 2.45) is 13.0 Å². The molecule has 10 heteroatoms. The van der Waals surface area contributed by atoms with Gasteiger partial charge in [0.25, 0.3) is 0 Å². The van der Waals surface area contributed by atoms with Crippen LogP contribution in [0.5, 0.6) is 11.6 Å². The number of aromatic hydroxyl groups is 1. The third-order valence-electron chi connectivity index (χ3n) is 5.94. The Kier molecular flexibility index (Phi) is 4.85. The van der Waals surface area contributed by atoms with Crippen LogP contribution < -0.4 is 15.7 Å². The van der Waals surface area contributed by atoms with E-state index in [0.717, 1.165) is 19.4 Å². The molecule has 0 unspecified atom stereocenters. The number of nitrogens with one attached hydrogen (secondary N) is 1. The summed E-state index contributed by atoms with van der Waals surface area (Å²) in [6, 6.07) is 7.94. The highest BCUT2D eigenvalue weighted by Gasteiger charge is 2.45. The number of rotatable bonds is 4. The third-order valence-corrected chi connectivity index (χ3v) is 5.94. The summed E-state index contributed by atoms with van der Waals surface area (Å²) in [7, 11) is 1.56. The summed E-state index contributed by atoms with van der Waals surface area (Å²) in [6.07, 6.45) is 1.55. The number of alkyl halides is 1. The maximum atomic E-state index is 14.6. The minimum Gasteiger partial charge on any atom is -0.507 e. The lowest BCUT2D eigenvalue weighted by molar-refractivity contribution is -0.0353. The first-order valence-corrected chi connectivity index (χ1v) is 10.1. The predicted molar refractivity (Wildman–Crippen MR) is 109 cm³/mol. The van der Waals surface area contributed by atoms with Crippen LogP contribution in [0.3, 0.4) is 0 Å². The van der Waals surface area contributed by atoms with Gasteiger partial charge in [0.05, 0.1) is 5.69 Å². The van der Waals surface area contributed by atoms with Crippen LogP contribution in [-0.4, -0.2) is 54.7 Å². The van der Waals surface area contributed by atoms with E-state index in [0.29, 0.717) is 16.8 Å². The van der Waals surface area contributed by atoms with Crippen LogP contribution in [0.2, 0.25) is 0 Å². The van der Waals surface area contributed by atoms with Gasteiger partial charge in [0.2, 0.25) is 5.88 Å². The first-order chi connectivity index (χ1) is 15.0. The van der Waals surface area contributed by atoms with Gasteiger partial charge in [0.15, 0.2) is 12.0 Å². The highest BCUT2D eigenvalue weighted by atomic mass is 19.1. The van der Waals surface area contributed by atoms with E-state index in [9.17, 15) is 14.3 Å². The molecular formula is C21H21FN6O3. The Morgan fingerprint density at radius 2 is 2.10 bits per heavy atom. The average Bonchev–Trinajstić information content (AvgIpc) is 2.79. The molecule has 0 spiro atoms. The van der Waals surface area contributed by atoms with Gasteiger partial charge in [-0.3, -0.25) is 4.57 Å². The number of halogens is 1. The predicted octanol–water partition coefficient (Wildman–Crippen LogP) is 1.47. The number of hydrogen-bond acceptors (Lipinski definition) is 8. The number of piperidine rings is 2. The van der Waals surface area contributed by atoms with Crippen LogP contribution in [0.1, 0.15) is 12.8 Å². The topological polar surface area (TPSA) is 115 Å². The van der Waals surface area contributed by atoms with Crippen molar-refractivity contribution in [3.63, 3.8) is 0 Å². The zero-order chi connectivity index (χ0) is 21.5. The smallest absolute Gasteiger partial charge is 0.350 e. The molecule has 3 fully saturated rings. The van der Waals surface area contributed by atoms with E-state index < -0.39 is 18.0 Å². The van der Waals surface area contributed by atoms with Crippen molar-refractivity contribution >= 4 is 0 Å². The van der Waals surface area contributed by atoms with E-state index in [1.807, 2.05) is 0 Å². The summed E-state index contributed by atoms with van der Waals surface area (Å²) < 4.78 is 21.6. The van der Waals surface area contributed by atoms with Crippen molar-refractivity contribution < 1.29 is 14.2 Å². The molecule has 9 nitrogen and oxygen atoms in total.